The molecule has 0 saturated heterocycles. The summed E-state index contributed by atoms with van der Waals surface area (Å²) in [5.74, 6) is 0. The maximum atomic E-state index is 6.47. The maximum Gasteiger partial charge on any atom is 0.137 e. The molecule has 60 heavy (non-hydrogen) atoms. The Hall–Kier alpha value is -7.42. The molecule has 0 aliphatic heterocycles. The molecule has 0 fully saturated rings. The maximum absolute atomic E-state index is 6.47. The fourth-order valence-corrected chi connectivity index (χ4v) is 11.3. The molecule has 9 aromatic carbocycles. The van der Waals surface area contributed by atoms with Gasteiger partial charge in [-0.1, -0.05) is 166 Å². The summed E-state index contributed by atoms with van der Waals surface area (Å²) in [6.45, 7) is 4.70. The van der Waals surface area contributed by atoms with Gasteiger partial charge in [0.15, 0.2) is 0 Å². The molecule has 0 saturated carbocycles. The van der Waals surface area contributed by atoms with E-state index in [2.05, 4.69) is 213 Å². The molecular weight excluding hydrogens is 727 g/mol. The van der Waals surface area contributed by atoms with Gasteiger partial charge in [0.05, 0.1) is 5.41 Å². The van der Waals surface area contributed by atoms with Crippen LogP contribution in [0.1, 0.15) is 47.2 Å². The number of rotatable bonds is 4. The van der Waals surface area contributed by atoms with Crippen LogP contribution in [0.25, 0.3) is 66.4 Å². The number of nitrogens with zero attached hydrogens (tertiary/aromatic N) is 1. The highest BCUT2D eigenvalue weighted by molar-refractivity contribution is 6.06. The monoisotopic (exact) mass is 765 g/mol. The van der Waals surface area contributed by atoms with E-state index in [0.717, 1.165) is 39.0 Å². The molecule has 0 N–H and O–H groups in total. The number of benzene rings is 9. The summed E-state index contributed by atoms with van der Waals surface area (Å²) in [5, 5.41) is 2.26. The topological polar surface area (TPSA) is 16.4 Å². The molecule has 2 heteroatoms. The molecule has 3 aliphatic carbocycles. The number of furan rings is 1. The predicted molar refractivity (Wildman–Crippen MR) is 248 cm³/mol. The SMILES string of the molecule is CC1(C)c2ccccc2-c2ccc(N(c3ccc(-c4cccc5c4-c4ccccc4C54c5ccccc5-c5ccccc54)cc3)c3ccc4c(c3)oc3ccccc34)cc21. The Balaban J connectivity index is 0.982. The van der Waals surface area contributed by atoms with E-state index in [4.69, 9.17) is 4.42 Å². The highest BCUT2D eigenvalue weighted by Gasteiger charge is 2.52. The Morgan fingerprint density at radius 1 is 0.350 bits per heavy atom. The zero-order chi connectivity index (χ0) is 39.7. The van der Waals surface area contributed by atoms with Gasteiger partial charge in [-0.2, -0.15) is 0 Å². The van der Waals surface area contributed by atoms with Crippen LogP contribution < -0.4 is 4.90 Å². The van der Waals surface area contributed by atoms with Crippen LogP contribution in [0.2, 0.25) is 0 Å². The van der Waals surface area contributed by atoms with Crippen LogP contribution in [0.3, 0.4) is 0 Å². The summed E-state index contributed by atoms with van der Waals surface area (Å²) in [6, 6.07) is 74.1. The summed E-state index contributed by atoms with van der Waals surface area (Å²) in [7, 11) is 0. The van der Waals surface area contributed by atoms with Crippen LogP contribution in [0, 0.1) is 0 Å². The highest BCUT2D eigenvalue weighted by Crippen LogP contribution is 2.64. The van der Waals surface area contributed by atoms with Gasteiger partial charge >= 0.3 is 0 Å². The van der Waals surface area contributed by atoms with Crippen molar-refractivity contribution in [2.45, 2.75) is 24.7 Å². The minimum absolute atomic E-state index is 0.123. The smallest absolute Gasteiger partial charge is 0.137 e. The first-order valence-corrected chi connectivity index (χ1v) is 21.0. The lowest BCUT2D eigenvalue weighted by Gasteiger charge is -2.30. The minimum Gasteiger partial charge on any atom is -0.456 e. The van der Waals surface area contributed by atoms with E-state index in [1.807, 2.05) is 6.07 Å². The van der Waals surface area contributed by atoms with Crippen LogP contribution in [0.5, 0.6) is 0 Å². The molecule has 1 aromatic heterocycles. The zero-order valence-corrected chi connectivity index (χ0v) is 33.4. The van der Waals surface area contributed by atoms with Crippen molar-refractivity contribution in [3.05, 3.63) is 234 Å². The fourth-order valence-electron chi connectivity index (χ4n) is 11.3. The molecule has 3 aliphatic rings. The molecule has 0 unspecified atom stereocenters. The summed E-state index contributed by atoms with van der Waals surface area (Å²) >= 11 is 0. The van der Waals surface area contributed by atoms with Gasteiger partial charge in [0.1, 0.15) is 11.2 Å². The van der Waals surface area contributed by atoms with Crippen LogP contribution in [0.15, 0.2) is 205 Å². The average molecular weight is 766 g/mol. The molecule has 13 rings (SSSR count). The Labute approximate surface area is 349 Å². The van der Waals surface area contributed by atoms with E-state index >= 15 is 0 Å². The van der Waals surface area contributed by atoms with Crippen molar-refractivity contribution >= 4 is 39.0 Å². The summed E-state index contributed by atoms with van der Waals surface area (Å²) < 4.78 is 6.47. The molecule has 282 valence electrons. The third-order valence-electron chi connectivity index (χ3n) is 13.9. The third-order valence-corrected chi connectivity index (χ3v) is 13.9. The second kappa shape index (κ2) is 12.1. The first-order valence-electron chi connectivity index (χ1n) is 21.0. The Bertz CT molecular complexity index is 3370. The van der Waals surface area contributed by atoms with Crippen molar-refractivity contribution in [1.82, 2.24) is 0 Å². The lowest BCUT2D eigenvalue weighted by molar-refractivity contribution is 0.660. The molecule has 1 spiro atoms. The molecular formula is C58H39NO. The quantitative estimate of drug-likeness (QED) is 0.177. The normalized spacial score (nSPS) is 14.4. The number of fused-ring (bicyclic) bond motifs is 16. The number of hydrogen-bond donors (Lipinski definition) is 0. The van der Waals surface area contributed by atoms with Gasteiger partial charge in [0.25, 0.3) is 0 Å². The Kier molecular flexibility index (Phi) is 6.74. The summed E-state index contributed by atoms with van der Waals surface area (Å²) in [6.07, 6.45) is 0. The van der Waals surface area contributed by atoms with Crippen molar-refractivity contribution in [2.24, 2.45) is 0 Å². The minimum atomic E-state index is -0.373. The van der Waals surface area contributed by atoms with Gasteiger partial charge in [-0.15, -0.1) is 0 Å². The van der Waals surface area contributed by atoms with Gasteiger partial charge in [-0.05, 0) is 120 Å². The van der Waals surface area contributed by atoms with Crippen molar-refractivity contribution in [3.63, 3.8) is 0 Å². The molecule has 2 nitrogen and oxygen atoms in total. The zero-order valence-electron chi connectivity index (χ0n) is 33.4. The van der Waals surface area contributed by atoms with Crippen LogP contribution in [0.4, 0.5) is 17.1 Å². The molecule has 0 radical (unpaired) electrons. The molecule has 10 aromatic rings. The van der Waals surface area contributed by atoms with Crippen molar-refractivity contribution in [2.75, 3.05) is 4.90 Å². The highest BCUT2D eigenvalue weighted by atomic mass is 16.3. The van der Waals surface area contributed by atoms with Gasteiger partial charge < -0.3 is 9.32 Å². The van der Waals surface area contributed by atoms with E-state index in [1.165, 1.54) is 77.9 Å². The fraction of sp³-hybridized carbons (Fsp3) is 0.0690. The largest absolute Gasteiger partial charge is 0.456 e. The number of para-hydroxylation sites is 1. The molecule has 1 heterocycles. The number of anilines is 3. The van der Waals surface area contributed by atoms with Crippen LogP contribution in [-0.2, 0) is 10.8 Å². The predicted octanol–water partition coefficient (Wildman–Crippen LogP) is 15.4. The lowest BCUT2D eigenvalue weighted by atomic mass is 9.70. The molecule has 0 bridgehead atoms. The van der Waals surface area contributed by atoms with Gasteiger partial charge in [-0.3, -0.25) is 0 Å². The molecule has 0 amide bonds. The lowest BCUT2D eigenvalue weighted by Crippen LogP contribution is -2.25. The first kappa shape index (κ1) is 33.5. The van der Waals surface area contributed by atoms with Gasteiger partial charge in [0.2, 0.25) is 0 Å². The van der Waals surface area contributed by atoms with Crippen molar-refractivity contribution in [3.8, 4) is 44.5 Å². The average Bonchev–Trinajstić information content (AvgIpc) is 3.99. The van der Waals surface area contributed by atoms with E-state index in [1.54, 1.807) is 0 Å². The van der Waals surface area contributed by atoms with Crippen LogP contribution in [-0.4, -0.2) is 0 Å². The summed E-state index contributed by atoms with van der Waals surface area (Å²) in [5.41, 5.74) is 23.1. The Morgan fingerprint density at radius 2 is 0.850 bits per heavy atom. The van der Waals surface area contributed by atoms with E-state index < -0.39 is 0 Å². The third kappa shape index (κ3) is 4.32. The number of hydrogen-bond acceptors (Lipinski definition) is 2. The van der Waals surface area contributed by atoms with E-state index in [-0.39, 0.29) is 10.8 Å². The second-order valence-electron chi connectivity index (χ2n) is 17.2. The first-order chi connectivity index (χ1) is 29.5. The Morgan fingerprint density at radius 3 is 1.58 bits per heavy atom. The van der Waals surface area contributed by atoms with E-state index in [9.17, 15) is 0 Å². The standard InChI is InChI=1S/C58H39NO/c1-57(2)48-20-8-3-14-41(48)44-32-30-38(34-53(44)57)59(39-31-33-46-45-17-7-12-25-54(45)60-55(46)35-39)37-28-26-36(27-29-37)40-19-13-24-52-56(40)47-18-6-11-23-51(47)58(52)49-21-9-4-15-42(49)43-16-5-10-22-50(43)58/h3-35H,1-2H3. The van der Waals surface area contributed by atoms with Gasteiger partial charge in [-0.25, -0.2) is 0 Å². The van der Waals surface area contributed by atoms with Crippen LogP contribution >= 0.6 is 0 Å². The van der Waals surface area contributed by atoms with E-state index in [0.29, 0.717) is 0 Å². The molecule has 0 atom stereocenters. The second-order valence-corrected chi connectivity index (χ2v) is 17.2. The van der Waals surface area contributed by atoms with Crippen molar-refractivity contribution in [1.29, 1.82) is 0 Å². The van der Waals surface area contributed by atoms with Crippen molar-refractivity contribution < 1.29 is 4.42 Å². The summed E-state index contributed by atoms with van der Waals surface area (Å²) in [4.78, 5) is 2.39. The van der Waals surface area contributed by atoms with Gasteiger partial charge in [0, 0.05) is 39.3 Å².